The molecule has 0 amide bonds. The number of esters is 1. The van der Waals surface area contributed by atoms with Gasteiger partial charge in [0, 0.05) is 24.4 Å². The number of H-pyrrole nitrogens is 1. The smallest absolute Gasteiger partial charge is 0.328 e. The molecule has 0 aliphatic carbocycles. The zero-order valence-corrected chi connectivity index (χ0v) is 12.3. The van der Waals surface area contributed by atoms with Crippen LogP contribution < -0.4 is 11.2 Å². The maximum absolute atomic E-state index is 13.0. The first-order chi connectivity index (χ1) is 11.4. The Morgan fingerprint density at radius 3 is 2.54 bits per heavy atom. The van der Waals surface area contributed by atoms with E-state index in [9.17, 15) is 28.0 Å². The second kappa shape index (κ2) is 7.44. The van der Waals surface area contributed by atoms with Crippen LogP contribution in [-0.4, -0.2) is 27.9 Å². The van der Waals surface area contributed by atoms with Crippen molar-refractivity contribution in [3.8, 4) is 0 Å². The van der Waals surface area contributed by atoms with Crippen LogP contribution in [0, 0.1) is 11.6 Å². The molecule has 0 fully saturated rings. The molecule has 2 rings (SSSR count). The number of ether oxygens (including phenoxy) is 1. The highest BCUT2D eigenvalue weighted by molar-refractivity contribution is 5.97. The number of benzene rings is 1. The van der Waals surface area contributed by atoms with Crippen LogP contribution in [0.1, 0.15) is 16.8 Å². The molecule has 9 heteroatoms. The van der Waals surface area contributed by atoms with Gasteiger partial charge in [-0.05, 0) is 18.2 Å². The number of aromatic amines is 1. The molecular formula is C15H12F2N2O5. The molecule has 1 aromatic carbocycles. The van der Waals surface area contributed by atoms with Crippen molar-refractivity contribution in [1.29, 1.82) is 0 Å². The Hall–Kier alpha value is -3.10. The van der Waals surface area contributed by atoms with Gasteiger partial charge in [-0.25, -0.2) is 13.6 Å². The monoisotopic (exact) mass is 338 g/mol. The van der Waals surface area contributed by atoms with Crippen molar-refractivity contribution in [1.82, 2.24) is 9.55 Å². The number of aromatic nitrogens is 2. The van der Waals surface area contributed by atoms with Crippen molar-refractivity contribution in [3.63, 3.8) is 0 Å². The third-order valence-electron chi connectivity index (χ3n) is 3.06. The zero-order chi connectivity index (χ0) is 17.7. The summed E-state index contributed by atoms with van der Waals surface area (Å²) in [6, 6.07) is 3.71. The van der Waals surface area contributed by atoms with E-state index in [1.54, 1.807) is 0 Å². The Bertz CT molecular complexity index is 888. The summed E-state index contributed by atoms with van der Waals surface area (Å²) >= 11 is 0. The van der Waals surface area contributed by atoms with Crippen LogP contribution >= 0.6 is 0 Å². The zero-order valence-electron chi connectivity index (χ0n) is 12.3. The first-order valence-corrected chi connectivity index (χ1v) is 6.80. The first kappa shape index (κ1) is 17.3. The maximum Gasteiger partial charge on any atom is 0.328 e. The average molecular weight is 338 g/mol. The van der Waals surface area contributed by atoms with Crippen molar-refractivity contribution >= 4 is 11.8 Å². The Morgan fingerprint density at radius 2 is 1.88 bits per heavy atom. The van der Waals surface area contributed by atoms with Crippen LogP contribution in [0.25, 0.3) is 0 Å². The van der Waals surface area contributed by atoms with Gasteiger partial charge in [0.15, 0.2) is 24.0 Å². The lowest BCUT2D eigenvalue weighted by Crippen LogP contribution is -2.29. The van der Waals surface area contributed by atoms with Gasteiger partial charge in [-0.3, -0.25) is 19.4 Å². The lowest BCUT2D eigenvalue weighted by molar-refractivity contribution is -0.142. The molecule has 0 aliphatic heterocycles. The minimum Gasteiger partial charge on any atom is -0.457 e. The van der Waals surface area contributed by atoms with E-state index in [-0.39, 0.29) is 18.5 Å². The largest absolute Gasteiger partial charge is 0.457 e. The lowest BCUT2D eigenvalue weighted by Gasteiger charge is -2.06. The fourth-order valence-corrected chi connectivity index (χ4v) is 1.80. The van der Waals surface area contributed by atoms with Crippen molar-refractivity contribution in [2.45, 2.75) is 13.0 Å². The summed E-state index contributed by atoms with van der Waals surface area (Å²) in [5.41, 5.74) is -1.36. The van der Waals surface area contributed by atoms with E-state index in [4.69, 9.17) is 4.74 Å². The van der Waals surface area contributed by atoms with Crippen LogP contribution in [0.4, 0.5) is 8.78 Å². The van der Waals surface area contributed by atoms with Gasteiger partial charge in [0.25, 0.3) is 5.56 Å². The van der Waals surface area contributed by atoms with Crippen molar-refractivity contribution < 1.29 is 23.1 Å². The van der Waals surface area contributed by atoms with Crippen LogP contribution in [0.2, 0.25) is 0 Å². The number of nitrogens with one attached hydrogen (secondary N) is 1. The van der Waals surface area contributed by atoms with E-state index >= 15 is 0 Å². The van der Waals surface area contributed by atoms with Crippen LogP contribution in [0.3, 0.4) is 0 Å². The van der Waals surface area contributed by atoms with Gasteiger partial charge in [0.2, 0.25) is 0 Å². The molecule has 1 heterocycles. The number of Topliss-reactive ketones (excluding diaryl/α,β-unsaturated/α-hetero) is 1. The number of rotatable bonds is 6. The second-order valence-electron chi connectivity index (χ2n) is 4.77. The van der Waals surface area contributed by atoms with E-state index in [0.717, 1.165) is 22.8 Å². The molecule has 1 aromatic heterocycles. The summed E-state index contributed by atoms with van der Waals surface area (Å²) in [6.45, 7) is -0.682. The minimum absolute atomic E-state index is 0.0478. The van der Waals surface area contributed by atoms with Crippen LogP contribution in [0.5, 0.6) is 0 Å². The van der Waals surface area contributed by atoms with Crippen LogP contribution in [0.15, 0.2) is 40.1 Å². The highest BCUT2D eigenvalue weighted by Crippen LogP contribution is 2.09. The summed E-state index contributed by atoms with van der Waals surface area (Å²) in [5.74, 6) is -3.72. The molecule has 0 saturated carbocycles. The number of carbonyl (C=O) groups excluding carboxylic acids is 2. The topological polar surface area (TPSA) is 98.2 Å². The number of nitrogens with zero attached hydrogens (tertiary/aromatic N) is 1. The minimum atomic E-state index is -1.18. The van der Waals surface area contributed by atoms with Gasteiger partial charge in [-0.1, -0.05) is 0 Å². The fraction of sp³-hybridized carbons (Fsp3) is 0.200. The number of hydrogen-bond donors (Lipinski definition) is 1. The molecule has 0 bridgehead atoms. The first-order valence-electron chi connectivity index (χ1n) is 6.80. The third-order valence-corrected chi connectivity index (χ3v) is 3.06. The predicted molar refractivity (Wildman–Crippen MR) is 77.6 cm³/mol. The van der Waals surface area contributed by atoms with Gasteiger partial charge < -0.3 is 9.30 Å². The Morgan fingerprint density at radius 1 is 1.12 bits per heavy atom. The fourth-order valence-electron chi connectivity index (χ4n) is 1.80. The van der Waals surface area contributed by atoms with E-state index in [1.807, 2.05) is 4.98 Å². The number of hydrogen-bond acceptors (Lipinski definition) is 5. The molecular weight excluding hydrogens is 326 g/mol. The predicted octanol–water partition coefficient (Wildman–Crippen LogP) is 0.631. The maximum atomic E-state index is 13.0. The normalized spacial score (nSPS) is 10.4. The van der Waals surface area contributed by atoms with Crippen molar-refractivity contribution in [2.24, 2.45) is 0 Å². The Kier molecular flexibility index (Phi) is 5.35. The SMILES string of the molecule is O=C(CCn1ccc(=O)[nH]c1=O)OCC(=O)c1ccc(F)c(F)c1. The van der Waals surface area contributed by atoms with E-state index in [0.29, 0.717) is 6.07 Å². The summed E-state index contributed by atoms with van der Waals surface area (Å²) in [5, 5.41) is 0. The number of halogens is 2. The van der Waals surface area contributed by atoms with Gasteiger partial charge in [-0.15, -0.1) is 0 Å². The molecule has 0 aliphatic rings. The lowest BCUT2D eigenvalue weighted by atomic mass is 10.1. The molecule has 0 atom stereocenters. The molecule has 24 heavy (non-hydrogen) atoms. The Labute approximate surface area is 133 Å². The van der Waals surface area contributed by atoms with Crippen LogP contribution in [-0.2, 0) is 16.1 Å². The summed E-state index contributed by atoms with van der Waals surface area (Å²) < 4.78 is 31.6. The third kappa shape index (κ3) is 4.45. The van der Waals surface area contributed by atoms with Gasteiger partial charge in [-0.2, -0.15) is 0 Å². The average Bonchev–Trinajstić information content (AvgIpc) is 2.54. The highest BCUT2D eigenvalue weighted by Gasteiger charge is 2.12. The molecule has 2 aromatic rings. The summed E-state index contributed by atoms with van der Waals surface area (Å²) in [6.07, 6.45) is 1.01. The molecule has 126 valence electrons. The number of carbonyl (C=O) groups is 2. The van der Waals surface area contributed by atoms with Crippen molar-refractivity contribution in [2.75, 3.05) is 6.61 Å². The Balaban J connectivity index is 1.86. The van der Waals surface area contributed by atoms with Gasteiger partial charge >= 0.3 is 11.7 Å². The van der Waals surface area contributed by atoms with Crippen molar-refractivity contribution in [3.05, 3.63) is 68.5 Å². The molecule has 0 radical (unpaired) electrons. The quantitative estimate of drug-likeness (QED) is 0.615. The molecule has 0 spiro atoms. The van der Waals surface area contributed by atoms with E-state index in [1.165, 1.54) is 6.20 Å². The second-order valence-corrected chi connectivity index (χ2v) is 4.77. The van der Waals surface area contributed by atoms with Gasteiger partial charge in [0.05, 0.1) is 6.42 Å². The highest BCUT2D eigenvalue weighted by atomic mass is 19.2. The van der Waals surface area contributed by atoms with E-state index < -0.39 is 41.2 Å². The molecule has 7 nitrogen and oxygen atoms in total. The molecule has 1 N–H and O–H groups in total. The van der Waals surface area contributed by atoms with Gasteiger partial charge in [0.1, 0.15) is 0 Å². The molecule has 0 unspecified atom stereocenters. The molecule has 0 saturated heterocycles. The number of ketones is 1. The summed E-state index contributed by atoms with van der Waals surface area (Å²) in [7, 11) is 0. The number of aryl methyl sites for hydroxylation is 1. The standard InChI is InChI=1S/C15H12F2N2O5/c16-10-2-1-9(7-11(10)17)12(20)8-24-14(22)4-6-19-5-3-13(21)18-15(19)23/h1-3,5,7H,4,6,8H2,(H,18,21,23). The summed E-state index contributed by atoms with van der Waals surface area (Å²) in [4.78, 5) is 47.6. The van der Waals surface area contributed by atoms with E-state index in [2.05, 4.69) is 0 Å².